The predicted octanol–water partition coefficient (Wildman–Crippen LogP) is 4.02. The van der Waals surface area contributed by atoms with Crippen LogP contribution in [0.4, 0.5) is 0 Å². The van der Waals surface area contributed by atoms with Crippen molar-refractivity contribution in [2.24, 2.45) is 11.7 Å². The van der Waals surface area contributed by atoms with Gasteiger partial charge in [-0.3, -0.25) is 0 Å². The molecule has 2 aliphatic rings. The van der Waals surface area contributed by atoms with Crippen molar-refractivity contribution < 1.29 is 0 Å². The summed E-state index contributed by atoms with van der Waals surface area (Å²) in [6.45, 7) is 2.29. The lowest BCUT2D eigenvalue weighted by atomic mass is 9.62. The van der Waals surface area contributed by atoms with Crippen molar-refractivity contribution in [3.63, 3.8) is 0 Å². The van der Waals surface area contributed by atoms with E-state index in [2.05, 4.69) is 37.3 Å². The van der Waals surface area contributed by atoms with E-state index in [0.717, 1.165) is 5.92 Å². The van der Waals surface area contributed by atoms with Gasteiger partial charge in [0.25, 0.3) is 0 Å². The van der Waals surface area contributed by atoms with Crippen LogP contribution in [0.1, 0.15) is 57.4 Å². The minimum atomic E-state index is 0.0868. The van der Waals surface area contributed by atoms with Crippen LogP contribution in [0.25, 0.3) is 0 Å². The summed E-state index contributed by atoms with van der Waals surface area (Å²) in [6, 6.07) is 11.1. The minimum Gasteiger partial charge on any atom is -0.324 e. The Bertz CT molecular complexity index is 405. The third-order valence-corrected chi connectivity index (χ3v) is 5.57. The molecule has 1 nitrogen and oxygen atoms in total. The third-order valence-electron chi connectivity index (χ3n) is 5.57. The van der Waals surface area contributed by atoms with Gasteiger partial charge in [0.1, 0.15) is 0 Å². The van der Waals surface area contributed by atoms with E-state index in [0.29, 0.717) is 0 Å². The van der Waals surface area contributed by atoms with E-state index in [-0.39, 0.29) is 11.0 Å². The molecule has 2 atom stereocenters. The Hall–Kier alpha value is -0.820. The Morgan fingerprint density at radius 2 is 1.78 bits per heavy atom. The monoisotopic (exact) mass is 243 g/mol. The van der Waals surface area contributed by atoms with Crippen LogP contribution in [0.2, 0.25) is 0 Å². The topological polar surface area (TPSA) is 26.0 Å². The fourth-order valence-electron chi connectivity index (χ4n) is 4.38. The molecular formula is C17H25N. The first-order chi connectivity index (χ1) is 8.73. The highest BCUT2D eigenvalue weighted by Gasteiger charge is 2.63. The van der Waals surface area contributed by atoms with E-state index in [1.54, 1.807) is 0 Å². The van der Waals surface area contributed by atoms with Crippen LogP contribution in [0.3, 0.4) is 0 Å². The lowest BCUT2D eigenvalue weighted by Gasteiger charge is -2.44. The molecule has 18 heavy (non-hydrogen) atoms. The number of nitrogens with two attached hydrogens (primary N) is 1. The maximum absolute atomic E-state index is 6.84. The van der Waals surface area contributed by atoms with Gasteiger partial charge in [-0.2, -0.15) is 0 Å². The van der Waals surface area contributed by atoms with E-state index >= 15 is 0 Å². The summed E-state index contributed by atoms with van der Waals surface area (Å²) in [5, 5.41) is 0. The molecular weight excluding hydrogens is 218 g/mol. The van der Waals surface area contributed by atoms with Gasteiger partial charge in [-0.05, 0) is 30.7 Å². The highest BCUT2D eigenvalue weighted by molar-refractivity contribution is 5.36. The van der Waals surface area contributed by atoms with Crippen molar-refractivity contribution in [1.82, 2.24) is 0 Å². The molecule has 2 unspecified atom stereocenters. The van der Waals surface area contributed by atoms with Crippen LogP contribution in [-0.4, -0.2) is 5.54 Å². The molecule has 1 aromatic carbocycles. The number of benzene rings is 1. The summed E-state index contributed by atoms with van der Waals surface area (Å²) in [4.78, 5) is 0. The molecule has 2 N–H and O–H groups in total. The number of hydrogen-bond donors (Lipinski definition) is 1. The molecule has 2 aliphatic carbocycles. The standard InChI is InChI=1S/C17H25N/c1-2-14-13-17(14,18)16(11-7-4-8-12-16)15-9-5-3-6-10-15/h3,5-6,9-10,14H,2,4,7-8,11-13,18H2,1H3. The normalized spacial score (nSPS) is 34.2. The van der Waals surface area contributed by atoms with Crippen molar-refractivity contribution in [3.8, 4) is 0 Å². The van der Waals surface area contributed by atoms with Gasteiger partial charge in [0, 0.05) is 11.0 Å². The summed E-state index contributed by atoms with van der Waals surface area (Å²) >= 11 is 0. The van der Waals surface area contributed by atoms with E-state index in [1.807, 2.05) is 0 Å². The molecule has 0 amide bonds. The quantitative estimate of drug-likeness (QED) is 0.852. The number of rotatable bonds is 3. The summed E-state index contributed by atoms with van der Waals surface area (Å²) in [6.07, 6.45) is 9.16. The zero-order valence-corrected chi connectivity index (χ0v) is 11.5. The van der Waals surface area contributed by atoms with Gasteiger partial charge in [0.15, 0.2) is 0 Å². The van der Waals surface area contributed by atoms with Crippen LogP contribution in [-0.2, 0) is 5.41 Å². The molecule has 0 bridgehead atoms. The second kappa shape index (κ2) is 4.38. The Morgan fingerprint density at radius 3 is 2.33 bits per heavy atom. The van der Waals surface area contributed by atoms with Gasteiger partial charge in [-0.1, -0.05) is 62.9 Å². The first-order valence-electron chi connectivity index (χ1n) is 7.57. The molecule has 0 heterocycles. The van der Waals surface area contributed by atoms with Crippen molar-refractivity contribution in [3.05, 3.63) is 35.9 Å². The highest BCUT2D eigenvalue weighted by atomic mass is 14.9. The number of hydrogen-bond acceptors (Lipinski definition) is 1. The molecule has 3 rings (SSSR count). The molecule has 0 aromatic heterocycles. The minimum absolute atomic E-state index is 0.0868. The van der Waals surface area contributed by atoms with Crippen molar-refractivity contribution in [2.45, 2.75) is 62.8 Å². The van der Waals surface area contributed by atoms with E-state index in [1.165, 1.54) is 50.5 Å². The fourth-order valence-corrected chi connectivity index (χ4v) is 4.38. The second-order valence-electron chi connectivity index (χ2n) is 6.36. The molecule has 1 aromatic rings. The van der Waals surface area contributed by atoms with E-state index in [9.17, 15) is 0 Å². The van der Waals surface area contributed by atoms with Crippen molar-refractivity contribution in [2.75, 3.05) is 0 Å². The van der Waals surface area contributed by atoms with Crippen LogP contribution in [0, 0.1) is 5.92 Å². The van der Waals surface area contributed by atoms with E-state index in [4.69, 9.17) is 5.73 Å². The van der Waals surface area contributed by atoms with Gasteiger partial charge >= 0.3 is 0 Å². The maximum atomic E-state index is 6.84. The maximum Gasteiger partial charge on any atom is 0.0284 e. The first kappa shape index (κ1) is 12.2. The summed E-state index contributed by atoms with van der Waals surface area (Å²) in [7, 11) is 0. The second-order valence-corrected chi connectivity index (χ2v) is 6.36. The lowest BCUT2D eigenvalue weighted by Crippen LogP contribution is -2.50. The molecule has 98 valence electrons. The Balaban J connectivity index is 2.00. The zero-order chi connectivity index (χ0) is 12.6. The van der Waals surface area contributed by atoms with Crippen molar-refractivity contribution >= 4 is 0 Å². The van der Waals surface area contributed by atoms with Gasteiger partial charge in [0.05, 0.1) is 0 Å². The van der Waals surface area contributed by atoms with Gasteiger partial charge in [0.2, 0.25) is 0 Å². The highest BCUT2D eigenvalue weighted by Crippen LogP contribution is 2.60. The molecule has 1 heteroatoms. The molecule has 2 saturated carbocycles. The Labute approximate surface area is 111 Å². The van der Waals surface area contributed by atoms with Gasteiger partial charge in [-0.15, -0.1) is 0 Å². The SMILES string of the molecule is CCC1CC1(N)C1(c2ccccc2)CCCCC1. The van der Waals surface area contributed by atoms with Gasteiger partial charge in [-0.25, -0.2) is 0 Å². The zero-order valence-electron chi connectivity index (χ0n) is 11.5. The summed E-state index contributed by atoms with van der Waals surface area (Å²) in [5.74, 6) is 0.746. The van der Waals surface area contributed by atoms with Crippen molar-refractivity contribution in [1.29, 1.82) is 0 Å². The Morgan fingerprint density at radius 1 is 1.11 bits per heavy atom. The molecule has 2 fully saturated rings. The van der Waals surface area contributed by atoms with Gasteiger partial charge < -0.3 is 5.73 Å². The summed E-state index contributed by atoms with van der Waals surface area (Å²) in [5.41, 5.74) is 8.70. The van der Waals surface area contributed by atoms with E-state index < -0.39 is 0 Å². The average molecular weight is 243 g/mol. The van der Waals surface area contributed by atoms with Crippen LogP contribution >= 0.6 is 0 Å². The largest absolute Gasteiger partial charge is 0.324 e. The molecule has 0 spiro atoms. The van der Waals surface area contributed by atoms with Crippen LogP contribution in [0.15, 0.2) is 30.3 Å². The smallest absolute Gasteiger partial charge is 0.0284 e. The van der Waals surface area contributed by atoms with Crippen LogP contribution in [0.5, 0.6) is 0 Å². The lowest BCUT2D eigenvalue weighted by molar-refractivity contribution is 0.215. The Kier molecular flexibility index (Phi) is 2.97. The van der Waals surface area contributed by atoms with Crippen LogP contribution < -0.4 is 5.73 Å². The average Bonchev–Trinajstić information content (AvgIpc) is 3.13. The molecule has 0 aliphatic heterocycles. The molecule has 0 saturated heterocycles. The molecule has 0 radical (unpaired) electrons. The fraction of sp³-hybridized carbons (Fsp3) is 0.647. The summed E-state index contributed by atoms with van der Waals surface area (Å²) < 4.78 is 0. The third kappa shape index (κ3) is 1.64. The first-order valence-corrected chi connectivity index (χ1v) is 7.57. The predicted molar refractivity (Wildman–Crippen MR) is 76.5 cm³/mol.